The lowest BCUT2D eigenvalue weighted by Gasteiger charge is -2.32. The first kappa shape index (κ1) is 16.2. The summed E-state index contributed by atoms with van der Waals surface area (Å²) in [5.74, 6) is 0. The third kappa shape index (κ3) is 4.99. The van der Waals surface area contributed by atoms with Gasteiger partial charge in [-0.05, 0) is 45.3 Å². The molecule has 4 nitrogen and oxygen atoms in total. The van der Waals surface area contributed by atoms with Crippen LogP contribution >= 0.6 is 0 Å². The number of ether oxygens (including phenoxy) is 1. The Labute approximate surface area is 124 Å². The van der Waals surface area contributed by atoms with E-state index in [4.69, 9.17) is 4.74 Å². The average molecular weight is 283 g/mol. The third-order valence-electron chi connectivity index (χ3n) is 4.82. The zero-order chi connectivity index (χ0) is 14.2. The first-order chi connectivity index (χ1) is 9.83. The monoisotopic (exact) mass is 283 g/mol. The smallest absolute Gasteiger partial charge is 0.0594 e. The highest BCUT2D eigenvalue weighted by atomic mass is 16.5. The highest BCUT2D eigenvalue weighted by molar-refractivity contribution is 4.84. The van der Waals surface area contributed by atoms with Crippen LogP contribution in [0.1, 0.15) is 39.5 Å². The number of hydrogen-bond donors (Lipinski definition) is 1. The summed E-state index contributed by atoms with van der Waals surface area (Å²) in [5.41, 5.74) is 0. The van der Waals surface area contributed by atoms with E-state index in [-0.39, 0.29) is 0 Å². The molecular formula is C16H33N3O. The molecule has 2 heterocycles. The van der Waals surface area contributed by atoms with Crippen molar-refractivity contribution in [3.05, 3.63) is 0 Å². The maximum atomic E-state index is 5.45. The summed E-state index contributed by atoms with van der Waals surface area (Å²) in [4.78, 5) is 5.30. The van der Waals surface area contributed by atoms with Gasteiger partial charge in [0.1, 0.15) is 0 Å². The van der Waals surface area contributed by atoms with Gasteiger partial charge in [-0.3, -0.25) is 4.90 Å². The molecule has 0 aromatic carbocycles. The zero-order valence-electron chi connectivity index (χ0n) is 13.4. The molecule has 2 aliphatic heterocycles. The molecule has 2 atom stereocenters. The van der Waals surface area contributed by atoms with E-state index >= 15 is 0 Å². The molecule has 2 rings (SSSR count). The Morgan fingerprint density at radius 3 is 2.70 bits per heavy atom. The van der Waals surface area contributed by atoms with Gasteiger partial charge in [0.2, 0.25) is 0 Å². The van der Waals surface area contributed by atoms with Crippen LogP contribution in [0.3, 0.4) is 0 Å². The molecule has 0 aromatic heterocycles. The first-order valence-corrected chi connectivity index (χ1v) is 8.61. The molecular weight excluding hydrogens is 250 g/mol. The number of likely N-dealkylation sites (tertiary alicyclic amines) is 1. The zero-order valence-corrected chi connectivity index (χ0v) is 13.4. The van der Waals surface area contributed by atoms with Gasteiger partial charge in [0.15, 0.2) is 0 Å². The minimum atomic E-state index is 0.720. The molecule has 2 fully saturated rings. The molecule has 20 heavy (non-hydrogen) atoms. The SMILES string of the molecule is CCNC(CC)CCCN1CCC(N2CCOCC2)C1. The van der Waals surface area contributed by atoms with Gasteiger partial charge in [-0.15, -0.1) is 0 Å². The third-order valence-corrected chi connectivity index (χ3v) is 4.82. The molecule has 2 saturated heterocycles. The summed E-state index contributed by atoms with van der Waals surface area (Å²) in [7, 11) is 0. The fourth-order valence-corrected chi connectivity index (χ4v) is 3.56. The standard InChI is InChI=1S/C16H33N3O/c1-3-15(17-4-2)6-5-8-18-9-7-16(14-18)19-10-12-20-13-11-19/h15-17H,3-14H2,1-2H3. The van der Waals surface area contributed by atoms with Crippen molar-refractivity contribution in [3.63, 3.8) is 0 Å². The lowest BCUT2D eigenvalue weighted by molar-refractivity contribution is 0.0185. The van der Waals surface area contributed by atoms with Crippen molar-refractivity contribution in [1.82, 2.24) is 15.1 Å². The van der Waals surface area contributed by atoms with Gasteiger partial charge >= 0.3 is 0 Å². The van der Waals surface area contributed by atoms with Crippen LogP contribution in [0.5, 0.6) is 0 Å². The Hall–Kier alpha value is -0.160. The second-order valence-electron chi connectivity index (χ2n) is 6.20. The fraction of sp³-hybridized carbons (Fsp3) is 1.00. The molecule has 4 heteroatoms. The van der Waals surface area contributed by atoms with E-state index in [1.54, 1.807) is 0 Å². The van der Waals surface area contributed by atoms with Gasteiger partial charge in [0, 0.05) is 31.7 Å². The molecule has 0 saturated carbocycles. The van der Waals surface area contributed by atoms with Crippen LogP contribution in [0.15, 0.2) is 0 Å². The van der Waals surface area contributed by atoms with Crippen LogP contribution in [0.4, 0.5) is 0 Å². The minimum absolute atomic E-state index is 0.720. The summed E-state index contributed by atoms with van der Waals surface area (Å²) in [6, 6.07) is 1.51. The maximum absolute atomic E-state index is 5.45. The number of morpholine rings is 1. The van der Waals surface area contributed by atoms with Crippen molar-refractivity contribution in [1.29, 1.82) is 0 Å². The van der Waals surface area contributed by atoms with Crippen LogP contribution in [-0.4, -0.2) is 74.4 Å². The van der Waals surface area contributed by atoms with Gasteiger partial charge in [-0.25, -0.2) is 0 Å². The van der Waals surface area contributed by atoms with Gasteiger partial charge in [0.25, 0.3) is 0 Å². The maximum Gasteiger partial charge on any atom is 0.0594 e. The second-order valence-corrected chi connectivity index (χ2v) is 6.20. The van der Waals surface area contributed by atoms with Gasteiger partial charge < -0.3 is 15.0 Å². The molecule has 0 amide bonds. The molecule has 0 spiro atoms. The van der Waals surface area contributed by atoms with Crippen LogP contribution in [0.25, 0.3) is 0 Å². The van der Waals surface area contributed by atoms with E-state index in [2.05, 4.69) is 29.0 Å². The number of nitrogens with one attached hydrogen (secondary N) is 1. The fourth-order valence-electron chi connectivity index (χ4n) is 3.56. The Morgan fingerprint density at radius 2 is 2.00 bits per heavy atom. The largest absolute Gasteiger partial charge is 0.379 e. The highest BCUT2D eigenvalue weighted by Gasteiger charge is 2.28. The molecule has 0 aromatic rings. The Balaban J connectivity index is 1.60. The van der Waals surface area contributed by atoms with Crippen LogP contribution in [0, 0.1) is 0 Å². The summed E-state index contributed by atoms with van der Waals surface area (Å²) in [6.07, 6.45) is 5.26. The Kier molecular flexibility index (Phi) is 7.28. The van der Waals surface area contributed by atoms with Crippen molar-refractivity contribution in [3.8, 4) is 0 Å². The predicted octanol–water partition coefficient (Wildman–Crippen LogP) is 1.56. The van der Waals surface area contributed by atoms with Crippen LogP contribution in [-0.2, 0) is 4.74 Å². The molecule has 2 unspecified atom stereocenters. The summed E-state index contributed by atoms with van der Waals surface area (Å²) < 4.78 is 5.45. The van der Waals surface area contributed by atoms with E-state index < -0.39 is 0 Å². The van der Waals surface area contributed by atoms with Gasteiger partial charge in [0.05, 0.1) is 13.2 Å². The predicted molar refractivity (Wildman–Crippen MR) is 84.2 cm³/mol. The van der Waals surface area contributed by atoms with Crippen molar-refractivity contribution in [2.75, 3.05) is 52.5 Å². The van der Waals surface area contributed by atoms with E-state index in [0.29, 0.717) is 0 Å². The average Bonchev–Trinajstić information content (AvgIpc) is 2.96. The molecule has 1 N–H and O–H groups in total. The molecule has 0 aliphatic carbocycles. The van der Waals surface area contributed by atoms with E-state index in [0.717, 1.165) is 44.9 Å². The molecule has 2 aliphatic rings. The van der Waals surface area contributed by atoms with E-state index in [1.807, 2.05) is 0 Å². The van der Waals surface area contributed by atoms with E-state index in [1.165, 1.54) is 45.3 Å². The second kappa shape index (κ2) is 8.98. The van der Waals surface area contributed by atoms with Crippen molar-refractivity contribution in [2.24, 2.45) is 0 Å². The van der Waals surface area contributed by atoms with Crippen LogP contribution < -0.4 is 5.32 Å². The molecule has 0 bridgehead atoms. The normalized spacial score (nSPS) is 27.0. The van der Waals surface area contributed by atoms with Crippen molar-refractivity contribution >= 4 is 0 Å². The van der Waals surface area contributed by atoms with E-state index in [9.17, 15) is 0 Å². The quantitative estimate of drug-likeness (QED) is 0.732. The molecule has 0 radical (unpaired) electrons. The highest BCUT2D eigenvalue weighted by Crippen LogP contribution is 2.17. The lowest BCUT2D eigenvalue weighted by atomic mass is 10.1. The number of nitrogens with zero attached hydrogens (tertiary/aromatic N) is 2. The lowest BCUT2D eigenvalue weighted by Crippen LogP contribution is -2.44. The van der Waals surface area contributed by atoms with Gasteiger partial charge in [-0.1, -0.05) is 13.8 Å². The van der Waals surface area contributed by atoms with Gasteiger partial charge in [-0.2, -0.15) is 0 Å². The van der Waals surface area contributed by atoms with Crippen LogP contribution in [0.2, 0.25) is 0 Å². The Morgan fingerprint density at radius 1 is 1.20 bits per heavy atom. The summed E-state index contributed by atoms with van der Waals surface area (Å²) in [5, 5.41) is 3.58. The summed E-state index contributed by atoms with van der Waals surface area (Å²) >= 11 is 0. The number of hydrogen-bond acceptors (Lipinski definition) is 4. The Bertz CT molecular complexity index is 256. The van der Waals surface area contributed by atoms with Crippen molar-refractivity contribution < 1.29 is 4.74 Å². The first-order valence-electron chi connectivity index (χ1n) is 8.61. The molecule has 118 valence electrons. The minimum Gasteiger partial charge on any atom is -0.379 e. The number of rotatable bonds is 8. The summed E-state index contributed by atoms with van der Waals surface area (Å²) in [6.45, 7) is 13.6. The topological polar surface area (TPSA) is 27.7 Å². The van der Waals surface area contributed by atoms with Crippen molar-refractivity contribution in [2.45, 2.75) is 51.6 Å².